The number of carbonyl (C=O) groups is 1. The van der Waals surface area contributed by atoms with Gasteiger partial charge in [0, 0.05) is 36.2 Å². The lowest BCUT2D eigenvalue weighted by Gasteiger charge is -2.14. The van der Waals surface area contributed by atoms with Crippen molar-refractivity contribution in [3.63, 3.8) is 0 Å². The van der Waals surface area contributed by atoms with Gasteiger partial charge < -0.3 is 24.8 Å². The lowest BCUT2D eigenvalue weighted by Crippen LogP contribution is -2.15. The molecule has 0 saturated heterocycles. The average Bonchev–Trinajstić information content (AvgIpc) is 2.65. The van der Waals surface area contributed by atoms with E-state index in [0.717, 1.165) is 12.2 Å². The molecule has 0 aliphatic heterocycles. The van der Waals surface area contributed by atoms with E-state index in [2.05, 4.69) is 29.5 Å². The number of rotatable bonds is 8. The summed E-state index contributed by atoms with van der Waals surface area (Å²) in [4.78, 5) is 16.7. The van der Waals surface area contributed by atoms with Gasteiger partial charge >= 0.3 is 0 Å². The van der Waals surface area contributed by atoms with E-state index in [0.29, 0.717) is 34.5 Å². The van der Waals surface area contributed by atoms with E-state index >= 15 is 0 Å². The summed E-state index contributed by atoms with van der Waals surface area (Å²) >= 11 is 0. The molecule has 7 heteroatoms. The predicted molar refractivity (Wildman–Crippen MR) is 102 cm³/mol. The molecular formula is C19H25N3O4. The van der Waals surface area contributed by atoms with Crippen LogP contribution in [0.4, 0.5) is 11.4 Å². The Morgan fingerprint density at radius 2 is 1.69 bits per heavy atom. The van der Waals surface area contributed by atoms with E-state index in [9.17, 15) is 4.79 Å². The second-order valence-electron chi connectivity index (χ2n) is 6.07. The van der Waals surface area contributed by atoms with Crippen LogP contribution in [0.25, 0.3) is 0 Å². The topological polar surface area (TPSA) is 81.7 Å². The zero-order valence-electron chi connectivity index (χ0n) is 15.8. The van der Waals surface area contributed by atoms with Crippen molar-refractivity contribution in [2.75, 3.05) is 38.5 Å². The number of ether oxygens (including phenoxy) is 3. The molecule has 26 heavy (non-hydrogen) atoms. The Labute approximate surface area is 153 Å². The van der Waals surface area contributed by atoms with Gasteiger partial charge in [-0.2, -0.15) is 0 Å². The van der Waals surface area contributed by atoms with Crippen LogP contribution in [0.1, 0.15) is 24.3 Å². The first-order valence-corrected chi connectivity index (χ1v) is 8.29. The van der Waals surface area contributed by atoms with Gasteiger partial charge in [0.05, 0.1) is 21.3 Å². The molecule has 0 aliphatic carbocycles. The van der Waals surface area contributed by atoms with Gasteiger partial charge in [-0.15, -0.1) is 0 Å². The second kappa shape index (κ2) is 8.94. The summed E-state index contributed by atoms with van der Waals surface area (Å²) in [7, 11) is 4.57. The molecule has 2 N–H and O–H groups in total. The molecule has 1 aromatic heterocycles. The standard InChI is InChI=1S/C19H25N3O4/c1-12(2)11-21-13-6-7-20-15(8-13)19(23)22-14-9-16(24-3)18(26-5)17(10-14)25-4/h6-10,12H,11H2,1-5H3,(H,20,21)(H,22,23). The van der Waals surface area contributed by atoms with Gasteiger partial charge in [0.15, 0.2) is 11.5 Å². The summed E-state index contributed by atoms with van der Waals surface area (Å²) in [6.07, 6.45) is 1.60. The smallest absolute Gasteiger partial charge is 0.274 e. The largest absolute Gasteiger partial charge is 0.493 e. The van der Waals surface area contributed by atoms with E-state index in [-0.39, 0.29) is 5.91 Å². The van der Waals surface area contributed by atoms with Crippen molar-refractivity contribution >= 4 is 17.3 Å². The number of hydrogen-bond donors (Lipinski definition) is 2. The molecule has 0 bridgehead atoms. The first-order chi connectivity index (χ1) is 12.5. The third kappa shape index (κ3) is 4.78. The molecule has 1 heterocycles. The lowest BCUT2D eigenvalue weighted by atomic mass is 10.2. The molecule has 7 nitrogen and oxygen atoms in total. The summed E-state index contributed by atoms with van der Waals surface area (Å²) in [5, 5.41) is 6.08. The third-order valence-corrected chi connectivity index (χ3v) is 3.63. The fraction of sp³-hybridized carbons (Fsp3) is 0.368. The van der Waals surface area contributed by atoms with E-state index < -0.39 is 0 Å². The molecule has 0 radical (unpaired) electrons. The molecule has 2 rings (SSSR count). The molecule has 1 aromatic carbocycles. The molecule has 140 valence electrons. The fourth-order valence-electron chi connectivity index (χ4n) is 2.34. The normalized spacial score (nSPS) is 10.4. The quantitative estimate of drug-likeness (QED) is 0.751. The summed E-state index contributed by atoms with van der Waals surface area (Å²) in [5.74, 6) is 1.56. The van der Waals surface area contributed by atoms with Gasteiger partial charge in [-0.05, 0) is 18.1 Å². The minimum atomic E-state index is -0.326. The van der Waals surface area contributed by atoms with Crippen LogP contribution >= 0.6 is 0 Å². The second-order valence-corrected chi connectivity index (χ2v) is 6.07. The van der Waals surface area contributed by atoms with Crippen molar-refractivity contribution in [3.05, 3.63) is 36.2 Å². The molecule has 1 amide bonds. The minimum absolute atomic E-state index is 0.313. The predicted octanol–water partition coefficient (Wildman–Crippen LogP) is 3.43. The maximum atomic E-state index is 12.5. The minimum Gasteiger partial charge on any atom is -0.493 e. The van der Waals surface area contributed by atoms with Crippen LogP contribution < -0.4 is 24.8 Å². The average molecular weight is 359 g/mol. The Kier molecular flexibility index (Phi) is 6.66. The van der Waals surface area contributed by atoms with Crippen molar-refractivity contribution in [3.8, 4) is 17.2 Å². The van der Waals surface area contributed by atoms with Crippen LogP contribution in [0.15, 0.2) is 30.5 Å². The Bertz CT molecular complexity index is 737. The molecule has 2 aromatic rings. The maximum Gasteiger partial charge on any atom is 0.274 e. The SMILES string of the molecule is COc1cc(NC(=O)c2cc(NCC(C)C)ccn2)cc(OC)c1OC. The number of aromatic nitrogens is 1. The highest BCUT2D eigenvalue weighted by molar-refractivity contribution is 6.03. The number of methoxy groups -OCH3 is 3. The summed E-state index contributed by atoms with van der Waals surface area (Å²) in [6.45, 7) is 5.05. The van der Waals surface area contributed by atoms with Crippen molar-refractivity contribution in [2.24, 2.45) is 5.92 Å². The number of nitrogens with one attached hydrogen (secondary N) is 2. The van der Waals surface area contributed by atoms with Crippen molar-refractivity contribution < 1.29 is 19.0 Å². The Morgan fingerprint density at radius 1 is 1.04 bits per heavy atom. The number of nitrogens with zero attached hydrogens (tertiary/aromatic N) is 1. The van der Waals surface area contributed by atoms with Crippen molar-refractivity contribution in [1.82, 2.24) is 4.98 Å². The number of pyridine rings is 1. The number of carbonyl (C=O) groups excluding carboxylic acids is 1. The van der Waals surface area contributed by atoms with E-state index in [1.54, 1.807) is 24.4 Å². The summed E-state index contributed by atoms with van der Waals surface area (Å²) in [6, 6.07) is 6.88. The van der Waals surface area contributed by atoms with Gasteiger partial charge in [0.1, 0.15) is 5.69 Å². The highest BCUT2D eigenvalue weighted by Crippen LogP contribution is 2.40. The van der Waals surface area contributed by atoms with Crippen molar-refractivity contribution in [2.45, 2.75) is 13.8 Å². The number of hydrogen-bond acceptors (Lipinski definition) is 6. The van der Waals surface area contributed by atoms with Crippen LogP contribution in [0.3, 0.4) is 0 Å². The molecular weight excluding hydrogens is 334 g/mol. The zero-order valence-corrected chi connectivity index (χ0v) is 15.8. The number of anilines is 2. The monoisotopic (exact) mass is 359 g/mol. The van der Waals surface area contributed by atoms with E-state index in [1.807, 2.05) is 6.07 Å². The first kappa shape index (κ1) is 19.4. The molecule has 0 unspecified atom stereocenters. The van der Waals surface area contributed by atoms with Gasteiger partial charge in [-0.1, -0.05) is 13.8 Å². The first-order valence-electron chi connectivity index (χ1n) is 8.29. The van der Waals surface area contributed by atoms with Crippen LogP contribution in [0, 0.1) is 5.92 Å². The number of benzene rings is 1. The molecule has 0 aliphatic rings. The van der Waals surface area contributed by atoms with Gasteiger partial charge in [-0.3, -0.25) is 9.78 Å². The highest BCUT2D eigenvalue weighted by Gasteiger charge is 2.16. The lowest BCUT2D eigenvalue weighted by molar-refractivity contribution is 0.102. The van der Waals surface area contributed by atoms with Crippen LogP contribution in [0.5, 0.6) is 17.2 Å². The summed E-state index contributed by atoms with van der Waals surface area (Å²) in [5.41, 5.74) is 1.68. The molecule has 0 atom stereocenters. The van der Waals surface area contributed by atoms with Crippen molar-refractivity contribution in [1.29, 1.82) is 0 Å². The maximum absolute atomic E-state index is 12.5. The number of amides is 1. The van der Waals surface area contributed by atoms with E-state index in [4.69, 9.17) is 14.2 Å². The molecule has 0 saturated carbocycles. The third-order valence-electron chi connectivity index (χ3n) is 3.63. The van der Waals surface area contributed by atoms with Gasteiger partial charge in [-0.25, -0.2) is 0 Å². The molecule has 0 fully saturated rings. The van der Waals surface area contributed by atoms with Crippen LogP contribution in [-0.2, 0) is 0 Å². The highest BCUT2D eigenvalue weighted by atomic mass is 16.5. The van der Waals surface area contributed by atoms with E-state index in [1.165, 1.54) is 21.3 Å². The summed E-state index contributed by atoms with van der Waals surface area (Å²) < 4.78 is 15.9. The van der Waals surface area contributed by atoms with Gasteiger partial charge in [0.2, 0.25) is 5.75 Å². The zero-order chi connectivity index (χ0) is 19.1. The van der Waals surface area contributed by atoms with Crippen LogP contribution in [0.2, 0.25) is 0 Å². The Balaban J connectivity index is 2.20. The molecule has 0 spiro atoms. The van der Waals surface area contributed by atoms with Crippen LogP contribution in [-0.4, -0.2) is 38.8 Å². The Hall–Kier alpha value is -2.96. The van der Waals surface area contributed by atoms with Gasteiger partial charge in [0.25, 0.3) is 5.91 Å². The Morgan fingerprint density at radius 3 is 2.23 bits per heavy atom. The fourth-order valence-corrected chi connectivity index (χ4v) is 2.34.